The maximum absolute atomic E-state index is 9.50. The number of morpholine rings is 1. The number of nitrogens with zero attached hydrogens (tertiary/aromatic N) is 6. The van der Waals surface area contributed by atoms with Gasteiger partial charge in [-0.05, 0) is 39.2 Å². The van der Waals surface area contributed by atoms with Crippen molar-refractivity contribution in [2.24, 2.45) is 0 Å². The third-order valence-electron chi connectivity index (χ3n) is 6.51. The average Bonchev–Trinajstić information content (AvgIpc) is 3.14. The first-order chi connectivity index (χ1) is 14.2. The first-order valence-corrected chi connectivity index (χ1v) is 11.3. The van der Waals surface area contributed by atoms with Gasteiger partial charge in [0.25, 0.3) is 0 Å². The normalized spacial score (nSPS) is 23.8. The van der Waals surface area contributed by atoms with E-state index in [1.807, 2.05) is 0 Å². The van der Waals surface area contributed by atoms with E-state index in [1.165, 1.54) is 25.8 Å². The van der Waals surface area contributed by atoms with E-state index in [9.17, 15) is 10.5 Å². The third kappa shape index (κ3) is 6.09. The summed E-state index contributed by atoms with van der Waals surface area (Å²) in [5, 5.41) is 19.0. The molecule has 3 rings (SSSR count). The maximum Gasteiger partial charge on any atom is 0.169 e. The standard InChI is InChI=1S/C22H36N6O/c1-20-6-2-3-8-26(20)9-5-11-28-13-12-27(22(28)21(18-23)19-24)10-4-7-25-14-16-29-17-15-25/h20H,2-17H2,1H3. The number of hydrogen-bond donors (Lipinski definition) is 0. The molecule has 3 heterocycles. The van der Waals surface area contributed by atoms with Gasteiger partial charge >= 0.3 is 0 Å². The summed E-state index contributed by atoms with van der Waals surface area (Å²) in [6.45, 7) is 13.0. The largest absolute Gasteiger partial charge is 0.379 e. The SMILES string of the molecule is CC1CCCCN1CCCN1CCN(CCCN2CCOCC2)C1=C(C#N)C#N. The Hall–Kier alpha value is -1.80. The van der Waals surface area contributed by atoms with Crippen molar-refractivity contribution in [1.82, 2.24) is 19.6 Å². The highest BCUT2D eigenvalue weighted by Crippen LogP contribution is 2.23. The maximum atomic E-state index is 9.50. The van der Waals surface area contributed by atoms with Gasteiger partial charge in [-0.15, -0.1) is 0 Å². The fraction of sp³-hybridized carbons (Fsp3) is 0.818. The molecule has 1 unspecified atom stereocenters. The molecule has 0 spiro atoms. The Morgan fingerprint density at radius 3 is 2.17 bits per heavy atom. The summed E-state index contributed by atoms with van der Waals surface area (Å²) >= 11 is 0. The van der Waals surface area contributed by atoms with Gasteiger partial charge in [0.15, 0.2) is 5.57 Å². The van der Waals surface area contributed by atoms with Crippen molar-refractivity contribution in [3.8, 4) is 12.1 Å². The molecule has 7 nitrogen and oxygen atoms in total. The van der Waals surface area contributed by atoms with Crippen LogP contribution < -0.4 is 0 Å². The van der Waals surface area contributed by atoms with Gasteiger partial charge in [-0.1, -0.05) is 6.42 Å². The molecule has 0 aromatic heterocycles. The van der Waals surface area contributed by atoms with Crippen LogP contribution in [0.1, 0.15) is 39.0 Å². The third-order valence-corrected chi connectivity index (χ3v) is 6.51. The summed E-state index contributed by atoms with van der Waals surface area (Å²) in [6, 6.07) is 4.96. The molecule has 3 aliphatic rings. The molecule has 0 aromatic rings. The van der Waals surface area contributed by atoms with E-state index in [2.05, 4.69) is 38.7 Å². The molecular weight excluding hydrogens is 364 g/mol. The van der Waals surface area contributed by atoms with Gasteiger partial charge in [0.2, 0.25) is 0 Å². The lowest BCUT2D eigenvalue weighted by Gasteiger charge is -2.34. The molecule has 0 aliphatic carbocycles. The Labute approximate surface area is 176 Å². The van der Waals surface area contributed by atoms with Gasteiger partial charge in [-0.2, -0.15) is 10.5 Å². The van der Waals surface area contributed by atoms with Gasteiger partial charge < -0.3 is 19.4 Å². The molecule has 0 aromatic carbocycles. The Morgan fingerprint density at radius 2 is 1.55 bits per heavy atom. The minimum atomic E-state index is 0.264. The number of ether oxygens (including phenoxy) is 1. The second-order valence-corrected chi connectivity index (χ2v) is 8.44. The van der Waals surface area contributed by atoms with E-state index in [0.29, 0.717) is 6.04 Å². The second-order valence-electron chi connectivity index (χ2n) is 8.44. The summed E-state index contributed by atoms with van der Waals surface area (Å²) in [5.74, 6) is 0.865. The summed E-state index contributed by atoms with van der Waals surface area (Å²) < 4.78 is 5.42. The van der Waals surface area contributed by atoms with Crippen LogP contribution in [-0.2, 0) is 4.74 Å². The first-order valence-electron chi connectivity index (χ1n) is 11.3. The van der Waals surface area contributed by atoms with Crippen LogP contribution in [0.2, 0.25) is 0 Å². The highest BCUT2D eigenvalue weighted by Gasteiger charge is 2.28. The van der Waals surface area contributed by atoms with Gasteiger partial charge in [0.1, 0.15) is 18.0 Å². The van der Waals surface area contributed by atoms with Crippen molar-refractivity contribution in [1.29, 1.82) is 10.5 Å². The number of piperidine rings is 1. The van der Waals surface area contributed by atoms with Gasteiger partial charge in [-0.25, -0.2) is 0 Å². The Balaban J connectivity index is 1.51. The zero-order chi connectivity index (χ0) is 20.5. The summed E-state index contributed by atoms with van der Waals surface area (Å²) in [5.41, 5.74) is 0.264. The second kappa shape index (κ2) is 11.4. The van der Waals surface area contributed by atoms with Gasteiger partial charge in [0.05, 0.1) is 13.2 Å². The number of allylic oxidation sites excluding steroid dienone is 1. The highest BCUT2D eigenvalue weighted by molar-refractivity contribution is 5.40. The van der Waals surface area contributed by atoms with Gasteiger partial charge in [-0.3, -0.25) is 4.90 Å². The lowest BCUT2D eigenvalue weighted by atomic mass is 10.0. The molecule has 3 aliphatic heterocycles. The monoisotopic (exact) mass is 400 g/mol. The van der Waals surface area contributed by atoms with E-state index in [-0.39, 0.29) is 5.57 Å². The summed E-state index contributed by atoms with van der Waals surface area (Å²) in [7, 11) is 0. The predicted octanol–water partition coefficient (Wildman–Crippen LogP) is 1.85. The smallest absolute Gasteiger partial charge is 0.169 e. The van der Waals surface area contributed by atoms with Crippen molar-refractivity contribution < 1.29 is 4.74 Å². The minimum Gasteiger partial charge on any atom is -0.379 e. The van der Waals surface area contributed by atoms with E-state index in [1.54, 1.807) is 0 Å². The lowest BCUT2D eigenvalue weighted by Crippen LogP contribution is -2.39. The van der Waals surface area contributed by atoms with Crippen LogP contribution in [0, 0.1) is 22.7 Å². The number of nitriles is 2. The molecule has 0 radical (unpaired) electrons. The summed E-state index contributed by atoms with van der Waals surface area (Å²) in [6.07, 6.45) is 6.10. The van der Waals surface area contributed by atoms with E-state index < -0.39 is 0 Å². The van der Waals surface area contributed by atoms with Crippen LogP contribution in [0.3, 0.4) is 0 Å². The number of hydrogen-bond acceptors (Lipinski definition) is 7. The molecule has 3 fully saturated rings. The molecule has 7 heteroatoms. The Bertz CT molecular complexity index is 614. The van der Waals surface area contributed by atoms with Crippen molar-refractivity contribution >= 4 is 0 Å². The van der Waals surface area contributed by atoms with E-state index >= 15 is 0 Å². The molecule has 0 bridgehead atoms. The predicted molar refractivity (Wildman–Crippen MR) is 113 cm³/mol. The molecule has 3 saturated heterocycles. The van der Waals surface area contributed by atoms with Crippen molar-refractivity contribution in [2.75, 3.05) is 72.1 Å². The minimum absolute atomic E-state index is 0.264. The molecule has 0 amide bonds. The quantitative estimate of drug-likeness (QED) is 0.576. The van der Waals surface area contributed by atoms with Crippen LogP contribution in [0.15, 0.2) is 11.4 Å². The molecule has 29 heavy (non-hydrogen) atoms. The van der Waals surface area contributed by atoms with Crippen LogP contribution in [-0.4, -0.2) is 97.8 Å². The molecule has 1 atom stereocenters. The van der Waals surface area contributed by atoms with Crippen molar-refractivity contribution in [3.63, 3.8) is 0 Å². The van der Waals surface area contributed by atoms with Crippen LogP contribution in [0.4, 0.5) is 0 Å². The fourth-order valence-corrected chi connectivity index (χ4v) is 4.79. The first kappa shape index (κ1) is 21.9. The molecular formula is C22H36N6O. The highest BCUT2D eigenvalue weighted by atomic mass is 16.5. The zero-order valence-corrected chi connectivity index (χ0v) is 18.0. The molecule has 160 valence electrons. The molecule has 0 saturated carbocycles. The average molecular weight is 401 g/mol. The van der Waals surface area contributed by atoms with Gasteiger partial charge in [0, 0.05) is 58.4 Å². The van der Waals surface area contributed by atoms with Crippen molar-refractivity contribution in [3.05, 3.63) is 11.4 Å². The zero-order valence-electron chi connectivity index (χ0n) is 18.0. The lowest BCUT2D eigenvalue weighted by molar-refractivity contribution is 0.0366. The summed E-state index contributed by atoms with van der Waals surface area (Å²) in [4.78, 5) is 9.56. The van der Waals surface area contributed by atoms with E-state index in [0.717, 1.165) is 84.2 Å². The molecule has 0 N–H and O–H groups in total. The number of likely N-dealkylation sites (tertiary alicyclic amines) is 1. The van der Waals surface area contributed by atoms with E-state index in [4.69, 9.17) is 4.74 Å². The fourth-order valence-electron chi connectivity index (χ4n) is 4.79. The Morgan fingerprint density at radius 1 is 0.897 bits per heavy atom. The Kier molecular flexibility index (Phi) is 8.61. The van der Waals surface area contributed by atoms with Crippen LogP contribution in [0.25, 0.3) is 0 Å². The van der Waals surface area contributed by atoms with Crippen LogP contribution >= 0.6 is 0 Å². The number of rotatable bonds is 8. The van der Waals surface area contributed by atoms with Crippen LogP contribution in [0.5, 0.6) is 0 Å². The van der Waals surface area contributed by atoms with Crippen molar-refractivity contribution in [2.45, 2.75) is 45.1 Å². The topological polar surface area (TPSA) is 69.8 Å².